The van der Waals surface area contributed by atoms with E-state index >= 15 is 0 Å². The first-order valence-electron chi connectivity index (χ1n) is 10.8. The predicted octanol–water partition coefficient (Wildman–Crippen LogP) is 3.31. The molecule has 0 N–H and O–H groups in total. The van der Waals surface area contributed by atoms with E-state index in [9.17, 15) is 32.9 Å². The molecule has 0 spiro atoms. The molecule has 2 aromatic rings. The lowest BCUT2D eigenvalue weighted by atomic mass is 10.1. The van der Waals surface area contributed by atoms with E-state index in [2.05, 4.69) is 0 Å². The van der Waals surface area contributed by atoms with Gasteiger partial charge >= 0.3 is 6.18 Å². The summed E-state index contributed by atoms with van der Waals surface area (Å²) in [5.74, 6) is -0.685. The van der Waals surface area contributed by atoms with Crippen molar-refractivity contribution in [3.63, 3.8) is 0 Å². The van der Waals surface area contributed by atoms with E-state index in [1.54, 1.807) is 14.7 Å². The Bertz CT molecular complexity index is 1090. The molecule has 4 rings (SSSR count). The molecule has 0 radical (unpaired) electrons. The highest BCUT2D eigenvalue weighted by atomic mass is 19.4. The molecule has 0 bridgehead atoms. The minimum Gasteiger partial charge on any atom is -0.362 e. The van der Waals surface area contributed by atoms with E-state index in [4.69, 9.17) is 0 Å². The summed E-state index contributed by atoms with van der Waals surface area (Å²) in [6.45, 7) is 1.78. The third kappa shape index (κ3) is 4.97. The molecule has 2 saturated heterocycles. The first-order chi connectivity index (χ1) is 16.1. The van der Waals surface area contributed by atoms with Crippen molar-refractivity contribution in [1.29, 1.82) is 0 Å². The largest absolute Gasteiger partial charge is 0.416 e. The minimum absolute atomic E-state index is 0.0822. The number of alkyl halides is 3. The van der Waals surface area contributed by atoms with E-state index in [1.165, 1.54) is 0 Å². The second kappa shape index (κ2) is 9.32. The molecule has 0 aromatic heterocycles. The minimum atomic E-state index is -4.68. The lowest BCUT2D eigenvalue weighted by Crippen LogP contribution is -2.50. The van der Waals surface area contributed by atoms with Crippen LogP contribution in [-0.4, -0.2) is 59.3 Å². The maximum atomic E-state index is 13.0. The second-order valence-electron chi connectivity index (χ2n) is 8.43. The van der Waals surface area contributed by atoms with E-state index in [0.717, 1.165) is 17.7 Å². The quantitative estimate of drug-likeness (QED) is 0.488. The van der Waals surface area contributed by atoms with Crippen LogP contribution in [0.3, 0.4) is 0 Å². The molecular weight excluding hydrogens is 453 g/mol. The number of anilines is 1. The van der Waals surface area contributed by atoms with Gasteiger partial charge in [0.25, 0.3) is 5.69 Å². The van der Waals surface area contributed by atoms with Gasteiger partial charge in [-0.1, -0.05) is 30.3 Å². The molecule has 2 aromatic carbocycles. The Morgan fingerprint density at radius 2 is 1.74 bits per heavy atom. The summed E-state index contributed by atoms with van der Waals surface area (Å²) < 4.78 is 38.9. The van der Waals surface area contributed by atoms with Gasteiger partial charge in [0.1, 0.15) is 5.69 Å². The Hall–Kier alpha value is -3.63. The zero-order valence-electron chi connectivity index (χ0n) is 18.2. The second-order valence-corrected chi connectivity index (χ2v) is 8.43. The van der Waals surface area contributed by atoms with Crippen molar-refractivity contribution in [3.8, 4) is 0 Å². The van der Waals surface area contributed by atoms with Crippen LogP contribution in [0.15, 0.2) is 48.5 Å². The van der Waals surface area contributed by atoms with Crippen LogP contribution >= 0.6 is 0 Å². The SMILES string of the molecule is O=C1CC(C(=O)N2CCN(c3ccc(C(F)(F)F)cc3[N+](=O)[O-])CC2)CN1Cc1ccccc1. The fourth-order valence-corrected chi connectivity index (χ4v) is 4.43. The number of piperazine rings is 1. The lowest BCUT2D eigenvalue weighted by molar-refractivity contribution is -0.384. The molecule has 34 heavy (non-hydrogen) atoms. The summed E-state index contributed by atoms with van der Waals surface area (Å²) in [7, 11) is 0. The number of benzene rings is 2. The number of likely N-dealkylation sites (tertiary alicyclic amines) is 1. The van der Waals surface area contributed by atoms with Gasteiger partial charge < -0.3 is 14.7 Å². The Labute approximate surface area is 193 Å². The number of carbonyl (C=O) groups excluding carboxylic acids is 2. The van der Waals surface area contributed by atoms with Crippen LogP contribution in [0.4, 0.5) is 24.5 Å². The van der Waals surface area contributed by atoms with Gasteiger partial charge in [-0.2, -0.15) is 13.2 Å². The highest BCUT2D eigenvalue weighted by Gasteiger charge is 2.38. The highest BCUT2D eigenvalue weighted by molar-refractivity contribution is 5.89. The van der Waals surface area contributed by atoms with Crippen LogP contribution in [0.2, 0.25) is 0 Å². The van der Waals surface area contributed by atoms with Gasteiger partial charge in [0, 0.05) is 51.8 Å². The third-order valence-electron chi connectivity index (χ3n) is 6.21. The van der Waals surface area contributed by atoms with Crippen molar-refractivity contribution in [2.75, 3.05) is 37.6 Å². The molecule has 2 amide bonds. The number of rotatable bonds is 5. The van der Waals surface area contributed by atoms with Crippen molar-refractivity contribution in [2.24, 2.45) is 5.92 Å². The van der Waals surface area contributed by atoms with Gasteiger partial charge in [0.2, 0.25) is 11.8 Å². The summed E-state index contributed by atoms with van der Waals surface area (Å²) in [5, 5.41) is 11.4. The van der Waals surface area contributed by atoms with Crippen molar-refractivity contribution < 1.29 is 27.7 Å². The summed E-state index contributed by atoms with van der Waals surface area (Å²) in [6, 6.07) is 12.0. The Balaban J connectivity index is 1.38. The van der Waals surface area contributed by atoms with Gasteiger partial charge in [-0.3, -0.25) is 19.7 Å². The maximum Gasteiger partial charge on any atom is 0.416 e. The summed E-state index contributed by atoms with van der Waals surface area (Å²) in [5.41, 5.74) is -0.624. The molecule has 180 valence electrons. The highest BCUT2D eigenvalue weighted by Crippen LogP contribution is 2.37. The maximum absolute atomic E-state index is 13.0. The molecule has 1 unspecified atom stereocenters. The standard InChI is InChI=1S/C23H23F3N4O4/c24-23(25,26)18-6-7-19(20(13-18)30(33)34)27-8-10-28(11-9-27)22(32)17-12-21(31)29(15-17)14-16-4-2-1-3-5-16/h1-7,13,17H,8-12,14-15H2. The number of nitro groups is 1. The first kappa shape index (κ1) is 23.5. The molecule has 8 nitrogen and oxygen atoms in total. The Morgan fingerprint density at radius 1 is 1.06 bits per heavy atom. The van der Waals surface area contributed by atoms with Crippen LogP contribution < -0.4 is 4.90 Å². The monoisotopic (exact) mass is 476 g/mol. The smallest absolute Gasteiger partial charge is 0.362 e. The number of carbonyl (C=O) groups is 2. The molecule has 2 fully saturated rings. The zero-order valence-corrected chi connectivity index (χ0v) is 18.2. The number of hydrogen-bond acceptors (Lipinski definition) is 5. The van der Waals surface area contributed by atoms with E-state index in [-0.39, 0.29) is 50.1 Å². The summed E-state index contributed by atoms with van der Waals surface area (Å²) >= 11 is 0. The summed E-state index contributed by atoms with van der Waals surface area (Å²) in [4.78, 5) is 40.9. The number of nitrogens with zero attached hydrogens (tertiary/aromatic N) is 4. The van der Waals surface area contributed by atoms with E-state index < -0.39 is 28.3 Å². The number of halogens is 3. The molecule has 11 heteroatoms. The topological polar surface area (TPSA) is 87.0 Å². The molecule has 0 aliphatic carbocycles. The molecular formula is C23H23F3N4O4. The fourth-order valence-electron chi connectivity index (χ4n) is 4.43. The van der Waals surface area contributed by atoms with Gasteiger partial charge in [0.05, 0.1) is 16.4 Å². The Kier molecular flexibility index (Phi) is 6.45. The van der Waals surface area contributed by atoms with E-state index in [1.807, 2.05) is 30.3 Å². The molecule has 2 heterocycles. The van der Waals surface area contributed by atoms with Gasteiger partial charge in [-0.15, -0.1) is 0 Å². The van der Waals surface area contributed by atoms with Gasteiger partial charge in [-0.25, -0.2) is 0 Å². The average molecular weight is 476 g/mol. The molecule has 2 aliphatic heterocycles. The molecule has 1 atom stereocenters. The van der Waals surface area contributed by atoms with Gasteiger partial charge in [-0.05, 0) is 17.7 Å². The number of hydrogen-bond donors (Lipinski definition) is 0. The normalized spacial score (nSPS) is 19.0. The van der Waals surface area contributed by atoms with Crippen molar-refractivity contribution in [3.05, 3.63) is 69.8 Å². The first-order valence-corrected chi connectivity index (χ1v) is 10.8. The summed E-state index contributed by atoms with van der Waals surface area (Å²) in [6.07, 6.45) is -4.54. The van der Waals surface area contributed by atoms with Crippen molar-refractivity contribution in [2.45, 2.75) is 19.1 Å². The molecule has 2 aliphatic rings. The average Bonchev–Trinajstić information content (AvgIpc) is 3.18. The lowest BCUT2D eigenvalue weighted by Gasteiger charge is -2.36. The predicted molar refractivity (Wildman–Crippen MR) is 117 cm³/mol. The van der Waals surface area contributed by atoms with Crippen LogP contribution in [0.5, 0.6) is 0 Å². The number of amides is 2. The van der Waals surface area contributed by atoms with Crippen molar-refractivity contribution in [1.82, 2.24) is 9.80 Å². The van der Waals surface area contributed by atoms with Crippen LogP contribution in [0.25, 0.3) is 0 Å². The van der Waals surface area contributed by atoms with Crippen LogP contribution in [0.1, 0.15) is 17.5 Å². The van der Waals surface area contributed by atoms with Gasteiger partial charge in [0.15, 0.2) is 0 Å². The fraction of sp³-hybridized carbons (Fsp3) is 0.391. The van der Waals surface area contributed by atoms with Crippen LogP contribution in [0, 0.1) is 16.0 Å². The van der Waals surface area contributed by atoms with E-state index in [0.29, 0.717) is 19.2 Å². The Morgan fingerprint density at radius 3 is 2.35 bits per heavy atom. The molecule has 0 saturated carbocycles. The van der Waals surface area contributed by atoms with Crippen molar-refractivity contribution >= 4 is 23.2 Å². The van der Waals surface area contributed by atoms with Crippen LogP contribution in [-0.2, 0) is 22.3 Å². The third-order valence-corrected chi connectivity index (χ3v) is 6.21. The number of nitro benzene ring substituents is 1. The zero-order chi connectivity index (χ0) is 24.5.